The number of benzene rings is 6. The number of aliphatic hydroxyl groups excluding tert-OH is 1. The number of ether oxygens (including phenoxy) is 4. The van der Waals surface area contributed by atoms with Crippen molar-refractivity contribution in [3.8, 4) is 17.2 Å². The normalized spacial score (nSPS) is 16.0. The molecule has 1 amide bonds. The maximum atomic E-state index is 14.8. The first-order valence-corrected chi connectivity index (χ1v) is 21.7. The summed E-state index contributed by atoms with van der Waals surface area (Å²) in [4.78, 5) is 20.0. The molecule has 1 heterocycles. The van der Waals surface area contributed by atoms with Crippen LogP contribution in [-0.2, 0) is 39.0 Å². The van der Waals surface area contributed by atoms with Crippen LogP contribution in [0.5, 0.6) is 17.2 Å². The summed E-state index contributed by atoms with van der Waals surface area (Å²) in [6.07, 6.45) is -0.140. The number of carbonyl (C=O) groups excluding carboxylic acids is 1. The number of nitrogens with one attached hydrogen (secondary N) is 1. The van der Waals surface area contributed by atoms with E-state index in [1.54, 1.807) is 54.6 Å². The van der Waals surface area contributed by atoms with Gasteiger partial charge in [-0.15, -0.1) is 0 Å². The van der Waals surface area contributed by atoms with Crippen LogP contribution in [0.3, 0.4) is 0 Å². The first-order chi connectivity index (χ1) is 29.3. The average molecular weight is 825 g/mol. The molecule has 0 fully saturated rings. The zero-order chi connectivity index (χ0) is 41.6. The third-order valence-electron chi connectivity index (χ3n) is 10.2. The molecular weight excluding hydrogens is 777 g/mol. The number of hydrogen-bond acceptors (Lipinski definition) is 9. The highest BCUT2D eigenvalue weighted by atomic mass is 32.2. The van der Waals surface area contributed by atoms with Gasteiger partial charge in [-0.1, -0.05) is 115 Å². The van der Waals surface area contributed by atoms with Crippen molar-refractivity contribution < 1.29 is 37.3 Å². The second-order valence-electron chi connectivity index (χ2n) is 14.4. The van der Waals surface area contributed by atoms with Gasteiger partial charge in [0.25, 0.3) is 5.91 Å². The van der Waals surface area contributed by atoms with Gasteiger partial charge < -0.3 is 29.4 Å². The quantitative estimate of drug-likeness (QED) is 0.0739. The second-order valence-corrected chi connectivity index (χ2v) is 16.5. The molecule has 0 radical (unpaired) electrons. The van der Waals surface area contributed by atoms with E-state index in [4.69, 9.17) is 29.0 Å². The molecule has 7 rings (SSSR count). The summed E-state index contributed by atoms with van der Waals surface area (Å²) in [5.74, 6) is 1.19. The van der Waals surface area contributed by atoms with Crippen LogP contribution in [0.2, 0.25) is 0 Å². The van der Waals surface area contributed by atoms with E-state index in [1.165, 1.54) is 0 Å². The van der Waals surface area contributed by atoms with Crippen LogP contribution in [0.1, 0.15) is 46.8 Å². The molecular formula is C49H48N2O8S. The lowest BCUT2D eigenvalue weighted by atomic mass is 9.85. The number of hydrogen-bond donors (Lipinski definition) is 2. The van der Waals surface area contributed by atoms with Crippen LogP contribution < -0.4 is 19.5 Å². The Labute approximate surface area is 351 Å². The molecule has 0 bridgehead atoms. The smallest absolute Gasteiger partial charge is 0.252 e. The third kappa shape index (κ3) is 10.6. The van der Waals surface area contributed by atoms with Gasteiger partial charge in [-0.3, -0.25) is 4.79 Å². The Balaban J connectivity index is 1.15. The molecule has 0 aromatic heterocycles. The molecule has 0 unspecified atom stereocenters. The van der Waals surface area contributed by atoms with Crippen molar-refractivity contribution >= 4 is 21.6 Å². The highest BCUT2D eigenvalue weighted by Crippen LogP contribution is 2.43. The maximum absolute atomic E-state index is 14.8. The van der Waals surface area contributed by atoms with Crippen LogP contribution in [0.4, 0.5) is 0 Å². The van der Waals surface area contributed by atoms with E-state index in [0.29, 0.717) is 61.0 Å². The maximum Gasteiger partial charge on any atom is 0.252 e. The van der Waals surface area contributed by atoms with Gasteiger partial charge in [0.1, 0.15) is 19.0 Å². The largest absolute Gasteiger partial charge is 0.494 e. The van der Waals surface area contributed by atoms with Crippen LogP contribution >= 0.6 is 0 Å². The van der Waals surface area contributed by atoms with Crippen molar-refractivity contribution in [2.45, 2.75) is 49.0 Å². The van der Waals surface area contributed by atoms with Crippen molar-refractivity contribution in [3.63, 3.8) is 0 Å². The van der Waals surface area contributed by atoms with Crippen LogP contribution in [0.15, 0.2) is 174 Å². The van der Waals surface area contributed by atoms with Crippen molar-refractivity contribution in [2.24, 2.45) is 4.99 Å². The molecule has 6 aromatic carbocycles. The summed E-state index contributed by atoms with van der Waals surface area (Å²) < 4.78 is 52.3. The highest BCUT2D eigenvalue weighted by molar-refractivity contribution is 7.91. The second kappa shape index (κ2) is 20.0. The molecule has 11 heteroatoms. The molecule has 1 aliphatic rings. The highest BCUT2D eigenvalue weighted by Gasteiger charge is 2.53. The predicted octanol–water partition coefficient (Wildman–Crippen LogP) is 8.09. The fraction of sp³-hybridized carbons (Fsp3) is 0.224. The minimum atomic E-state index is -3.81. The molecule has 2 N–H and O–H groups in total. The molecule has 0 saturated heterocycles. The fourth-order valence-corrected chi connectivity index (χ4v) is 8.31. The van der Waals surface area contributed by atoms with E-state index in [2.05, 4.69) is 5.32 Å². The Morgan fingerprint density at radius 3 is 1.93 bits per heavy atom. The van der Waals surface area contributed by atoms with Crippen LogP contribution in [0.25, 0.3) is 0 Å². The minimum absolute atomic E-state index is 0.0222. The first kappa shape index (κ1) is 41.7. The van der Waals surface area contributed by atoms with Gasteiger partial charge in [0, 0.05) is 31.6 Å². The lowest BCUT2D eigenvalue weighted by Gasteiger charge is -2.30. The minimum Gasteiger partial charge on any atom is -0.494 e. The molecule has 0 spiro atoms. The Kier molecular flexibility index (Phi) is 13.9. The topological polar surface area (TPSA) is 133 Å². The van der Waals surface area contributed by atoms with E-state index in [1.807, 2.05) is 109 Å². The van der Waals surface area contributed by atoms with E-state index in [9.17, 15) is 13.2 Å². The Bertz CT molecular complexity index is 2430. The van der Waals surface area contributed by atoms with Gasteiger partial charge in [0.15, 0.2) is 33.0 Å². The van der Waals surface area contributed by atoms with Gasteiger partial charge in [0.05, 0.1) is 17.3 Å². The molecule has 60 heavy (non-hydrogen) atoms. The van der Waals surface area contributed by atoms with E-state index < -0.39 is 27.4 Å². The molecule has 10 nitrogen and oxygen atoms in total. The van der Waals surface area contributed by atoms with Gasteiger partial charge in [-0.2, -0.15) is 0 Å². The van der Waals surface area contributed by atoms with Gasteiger partial charge in [-0.25, -0.2) is 13.4 Å². The van der Waals surface area contributed by atoms with E-state index in [-0.39, 0.29) is 36.1 Å². The summed E-state index contributed by atoms with van der Waals surface area (Å²) in [5, 5.41) is 12.3. The van der Waals surface area contributed by atoms with Gasteiger partial charge >= 0.3 is 0 Å². The molecule has 1 aliphatic heterocycles. The molecule has 2 atom stereocenters. The van der Waals surface area contributed by atoms with Crippen molar-refractivity contribution in [1.29, 1.82) is 0 Å². The Morgan fingerprint density at radius 2 is 1.30 bits per heavy atom. The van der Waals surface area contributed by atoms with E-state index in [0.717, 1.165) is 16.7 Å². The SMILES string of the molecule is O=C(NCCc1ccc(OCc2ccccc2)c(OCc2ccccc2)c1)[C@]1(CCS(=O)(=O)c2ccccc2)N=C(c2ccc(OCCCO)cc2)O[C@@H]1c1ccccc1. The molecule has 308 valence electrons. The fourth-order valence-electron chi connectivity index (χ4n) is 6.92. The monoisotopic (exact) mass is 824 g/mol. The summed E-state index contributed by atoms with van der Waals surface area (Å²) in [6, 6.07) is 50.1. The number of amides is 1. The van der Waals surface area contributed by atoms with Crippen molar-refractivity contribution in [1.82, 2.24) is 5.32 Å². The van der Waals surface area contributed by atoms with Crippen molar-refractivity contribution in [3.05, 3.63) is 192 Å². The molecule has 0 saturated carbocycles. The van der Waals surface area contributed by atoms with Crippen LogP contribution in [0, 0.1) is 0 Å². The van der Waals surface area contributed by atoms with Gasteiger partial charge in [0.2, 0.25) is 5.90 Å². The average Bonchev–Trinajstić information content (AvgIpc) is 3.70. The standard InChI is InChI=1S/C49H48N2O8S/c52-31-13-32-56-42-25-23-41(24-26-42)47-51-49(46(59-47)40-18-9-3-10-19-40,29-33-60(54,55)43-20-11-4-12-21-43)48(53)50-30-28-37-22-27-44(57-35-38-14-5-1-6-15-38)45(34-37)58-36-39-16-7-2-8-17-39/h1-12,14-27,34,46,52H,13,28-33,35-36H2,(H,50,53)/t46-,49-/m1/s1. The first-order valence-electron chi connectivity index (χ1n) is 20.0. The number of rotatable bonds is 20. The Hall–Kier alpha value is -6.43. The third-order valence-corrected chi connectivity index (χ3v) is 11.9. The number of sulfone groups is 1. The number of carbonyl (C=O) groups is 1. The Morgan fingerprint density at radius 1 is 0.700 bits per heavy atom. The zero-order valence-electron chi connectivity index (χ0n) is 33.2. The molecule has 0 aliphatic carbocycles. The molecule has 6 aromatic rings. The van der Waals surface area contributed by atoms with Crippen LogP contribution in [-0.4, -0.2) is 56.4 Å². The number of aliphatic imine (C=N–C) groups is 1. The lowest BCUT2D eigenvalue weighted by Crippen LogP contribution is -2.49. The van der Waals surface area contributed by atoms with Gasteiger partial charge in [-0.05, 0) is 77.2 Å². The predicted molar refractivity (Wildman–Crippen MR) is 231 cm³/mol. The summed E-state index contributed by atoms with van der Waals surface area (Å²) in [5.41, 5.74) is 2.58. The van der Waals surface area contributed by atoms with E-state index >= 15 is 0 Å². The van der Waals surface area contributed by atoms with Crippen molar-refractivity contribution in [2.75, 3.05) is 25.5 Å². The lowest BCUT2D eigenvalue weighted by molar-refractivity contribution is -0.129. The summed E-state index contributed by atoms with van der Waals surface area (Å²) >= 11 is 0. The number of nitrogens with zero attached hydrogens (tertiary/aromatic N) is 1. The summed E-state index contributed by atoms with van der Waals surface area (Å²) in [7, 11) is -3.81. The zero-order valence-corrected chi connectivity index (χ0v) is 34.0. The summed E-state index contributed by atoms with van der Waals surface area (Å²) in [6.45, 7) is 1.32. The number of aliphatic hydroxyl groups is 1.